The van der Waals surface area contributed by atoms with Gasteiger partial charge >= 0.3 is 0 Å². The van der Waals surface area contributed by atoms with Crippen LogP contribution < -0.4 is 10.1 Å². The number of benzene rings is 2. The van der Waals surface area contributed by atoms with Crippen molar-refractivity contribution < 1.29 is 4.74 Å². The quantitative estimate of drug-likeness (QED) is 0.513. The molecule has 6 nitrogen and oxygen atoms in total. The van der Waals surface area contributed by atoms with Crippen LogP contribution >= 0.6 is 11.8 Å². The van der Waals surface area contributed by atoms with E-state index >= 15 is 0 Å². The van der Waals surface area contributed by atoms with Gasteiger partial charge in [0.2, 0.25) is 5.95 Å². The van der Waals surface area contributed by atoms with E-state index in [4.69, 9.17) is 4.74 Å². The van der Waals surface area contributed by atoms with Crippen LogP contribution in [0.1, 0.15) is 5.56 Å². The zero-order valence-corrected chi connectivity index (χ0v) is 16.1. The van der Waals surface area contributed by atoms with E-state index < -0.39 is 0 Å². The van der Waals surface area contributed by atoms with Crippen molar-refractivity contribution in [3.63, 3.8) is 0 Å². The largest absolute Gasteiger partial charge is 0.497 e. The van der Waals surface area contributed by atoms with E-state index in [1.54, 1.807) is 31.3 Å². The van der Waals surface area contributed by atoms with Gasteiger partial charge in [0, 0.05) is 16.8 Å². The van der Waals surface area contributed by atoms with Gasteiger partial charge in [0.15, 0.2) is 5.65 Å². The molecule has 0 spiro atoms. The number of ether oxygens (including phenoxy) is 1. The number of nitrogens with one attached hydrogen (secondary N) is 1. The molecule has 4 rings (SSSR count). The average Bonchev–Trinajstić information content (AvgIpc) is 3.11. The Balaban J connectivity index is 1.70. The van der Waals surface area contributed by atoms with Crippen LogP contribution in [0.2, 0.25) is 0 Å². The number of fused-ring (bicyclic) bond motifs is 1. The zero-order valence-electron chi connectivity index (χ0n) is 15.3. The normalized spacial score (nSPS) is 10.9. The summed E-state index contributed by atoms with van der Waals surface area (Å²) in [5.74, 6) is 1.35. The molecular weight excluding hydrogens is 358 g/mol. The molecule has 0 amide bonds. The van der Waals surface area contributed by atoms with Gasteiger partial charge in [-0.15, -0.1) is 11.8 Å². The summed E-state index contributed by atoms with van der Waals surface area (Å²) < 4.78 is 7.12. The van der Waals surface area contributed by atoms with Crippen LogP contribution in [0.5, 0.6) is 5.75 Å². The summed E-state index contributed by atoms with van der Waals surface area (Å²) in [6.45, 7) is 2.03. The van der Waals surface area contributed by atoms with Gasteiger partial charge in [-0.1, -0.05) is 0 Å². The van der Waals surface area contributed by atoms with Gasteiger partial charge in [0.05, 0.1) is 24.4 Å². The van der Waals surface area contributed by atoms with Crippen molar-refractivity contribution in [2.75, 3.05) is 18.7 Å². The topological polar surface area (TPSA) is 64.9 Å². The summed E-state index contributed by atoms with van der Waals surface area (Å²) in [7, 11) is 1.66. The minimum absolute atomic E-state index is 0.535. The summed E-state index contributed by atoms with van der Waals surface area (Å²) in [5.41, 5.74) is 3.71. The molecule has 0 fully saturated rings. The van der Waals surface area contributed by atoms with Crippen molar-refractivity contribution >= 4 is 34.4 Å². The Morgan fingerprint density at radius 2 is 1.89 bits per heavy atom. The highest BCUT2D eigenvalue weighted by molar-refractivity contribution is 7.98. The first-order valence-electron chi connectivity index (χ1n) is 8.45. The standard InChI is InChI=1S/C20H19N5OS/c1-13-10-16(26-2)6-9-18(13)25-19-14(12-22-25)11-21-20(24-19)23-15-4-7-17(27-3)8-5-15/h4-12H,1-3H3,(H,21,23,24). The van der Waals surface area contributed by atoms with E-state index in [-0.39, 0.29) is 0 Å². The van der Waals surface area contributed by atoms with E-state index in [0.717, 1.165) is 33.7 Å². The Morgan fingerprint density at radius 1 is 1.07 bits per heavy atom. The first kappa shape index (κ1) is 17.4. The van der Waals surface area contributed by atoms with Crippen molar-refractivity contribution in [2.45, 2.75) is 11.8 Å². The summed E-state index contributed by atoms with van der Waals surface area (Å²) >= 11 is 1.71. The van der Waals surface area contributed by atoms with Crippen molar-refractivity contribution in [1.82, 2.24) is 19.7 Å². The maximum absolute atomic E-state index is 5.29. The number of aromatic nitrogens is 4. The van der Waals surface area contributed by atoms with Gasteiger partial charge in [-0.05, 0) is 61.2 Å². The van der Waals surface area contributed by atoms with E-state index in [0.29, 0.717) is 5.95 Å². The van der Waals surface area contributed by atoms with Crippen molar-refractivity contribution in [3.05, 3.63) is 60.4 Å². The number of thioether (sulfide) groups is 1. The highest BCUT2D eigenvalue weighted by atomic mass is 32.2. The van der Waals surface area contributed by atoms with E-state index in [9.17, 15) is 0 Å². The lowest BCUT2D eigenvalue weighted by atomic mass is 10.2. The molecule has 0 radical (unpaired) electrons. The fourth-order valence-electron chi connectivity index (χ4n) is 2.85. The number of hydrogen-bond acceptors (Lipinski definition) is 6. The number of hydrogen-bond donors (Lipinski definition) is 1. The number of methoxy groups -OCH3 is 1. The smallest absolute Gasteiger partial charge is 0.229 e. The molecule has 4 aromatic rings. The first-order valence-corrected chi connectivity index (χ1v) is 9.67. The lowest BCUT2D eigenvalue weighted by molar-refractivity contribution is 0.414. The number of aryl methyl sites for hydroxylation is 1. The van der Waals surface area contributed by atoms with Crippen LogP contribution in [0.4, 0.5) is 11.6 Å². The third-order valence-electron chi connectivity index (χ3n) is 4.29. The van der Waals surface area contributed by atoms with E-state index in [2.05, 4.69) is 38.8 Å². The Labute approximate surface area is 161 Å². The van der Waals surface area contributed by atoms with E-state index in [1.807, 2.05) is 41.9 Å². The Morgan fingerprint density at radius 3 is 2.59 bits per heavy atom. The zero-order chi connectivity index (χ0) is 18.8. The summed E-state index contributed by atoms with van der Waals surface area (Å²) in [4.78, 5) is 10.3. The molecule has 136 valence electrons. The Kier molecular flexibility index (Phi) is 4.68. The van der Waals surface area contributed by atoms with Gasteiger partial charge in [-0.2, -0.15) is 10.1 Å². The molecule has 27 heavy (non-hydrogen) atoms. The van der Waals surface area contributed by atoms with Crippen LogP contribution in [0.3, 0.4) is 0 Å². The first-order chi connectivity index (χ1) is 13.2. The second-order valence-corrected chi connectivity index (χ2v) is 6.91. The maximum atomic E-state index is 5.29. The van der Waals surface area contributed by atoms with E-state index in [1.165, 1.54) is 4.90 Å². The number of rotatable bonds is 5. The maximum Gasteiger partial charge on any atom is 0.229 e. The van der Waals surface area contributed by atoms with Crippen molar-refractivity contribution in [3.8, 4) is 11.4 Å². The second-order valence-electron chi connectivity index (χ2n) is 6.03. The highest BCUT2D eigenvalue weighted by Crippen LogP contribution is 2.24. The molecule has 0 aliphatic carbocycles. The molecule has 2 aromatic heterocycles. The average molecular weight is 377 g/mol. The SMILES string of the molecule is COc1ccc(-n2ncc3cnc(Nc4ccc(SC)cc4)nc32)c(C)c1. The van der Waals surface area contributed by atoms with Crippen LogP contribution in [0.15, 0.2) is 59.8 Å². The number of anilines is 2. The monoisotopic (exact) mass is 377 g/mol. The van der Waals surface area contributed by atoms with Gasteiger partial charge in [0.25, 0.3) is 0 Å². The molecule has 0 saturated heterocycles. The van der Waals surface area contributed by atoms with Crippen LogP contribution in [0.25, 0.3) is 16.7 Å². The minimum Gasteiger partial charge on any atom is -0.497 e. The molecule has 1 N–H and O–H groups in total. The molecule has 0 saturated carbocycles. The molecular formula is C20H19N5OS. The molecule has 2 heterocycles. The van der Waals surface area contributed by atoms with Crippen LogP contribution in [0, 0.1) is 6.92 Å². The fraction of sp³-hybridized carbons (Fsp3) is 0.150. The Hall–Kier alpha value is -3.06. The fourth-order valence-corrected chi connectivity index (χ4v) is 3.26. The third-order valence-corrected chi connectivity index (χ3v) is 5.03. The highest BCUT2D eigenvalue weighted by Gasteiger charge is 2.11. The Bertz CT molecular complexity index is 1090. The predicted molar refractivity (Wildman–Crippen MR) is 109 cm³/mol. The predicted octanol–water partition coefficient (Wildman–Crippen LogP) is 4.60. The van der Waals surface area contributed by atoms with Crippen LogP contribution in [-0.4, -0.2) is 33.1 Å². The minimum atomic E-state index is 0.535. The summed E-state index contributed by atoms with van der Waals surface area (Å²) in [5, 5.41) is 8.63. The van der Waals surface area contributed by atoms with Crippen molar-refractivity contribution in [2.24, 2.45) is 0 Å². The van der Waals surface area contributed by atoms with Gasteiger partial charge in [0.1, 0.15) is 5.75 Å². The molecule has 0 aliphatic heterocycles. The molecule has 0 unspecified atom stereocenters. The second kappa shape index (κ2) is 7.28. The number of nitrogens with zero attached hydrogens (tertiary/aromatic N) is 4. The summed E-state index contributed by atoms with van der Waals surface area (Å²) in [6.07, 6.45) is 5.61. The van der Waals surface area contributed by atoms with Crippen molar-refractivity contribution in [1.29, 1.82) is 0 Å². The molecule has 0 atom stereocenters. The van der Waals surface area contributed by atoms with Gasteiger partial charge in [-0.25, -0.2) is 9.67 Å². The molecule has 0 bridgehead atoms. The molecule has 2 aromatic carbocycles. The van der Waals surface area contributed by atoms with Gasteiger partial charge < -0.3 is 10.1 Å². The lowest BCUT2D eigenvalue weighted by Crippen LogP contribution is -2.03. The summed E-state index contributed by atoms with van der Waals surface area (Å²) in [6, 6.07) is 14.1. The lowest BCUT2D eigenvalue weighted by Gasteiger charge is -2.10. The molecule has 0 aliphatic rings. The third kappa shape index (κ3) is 3.46. The molecule has 7 heteroatoms. The van der Waals surface area contributed by atoms with Gasteiger partial charge in [-0.3, -0.25) is 0 Å². The van der Waals surface area contributed by atoms with Crippen LogP contribution in [-0.2, 0) is 0 Å².